The van der Waals surface area contributed by atoms with Crippen molar-refractivity contribution in [1.29, 1.82) is 0 Å². The number of hydrogen-bond acceptors (Lipinski definition) is 2. The third-order valence-corrected chi connectivity index (χ3v) is 2.35. The molecule has 0 aromatic heterocycles. The summed E-state index contributed by atoms with van der Waals surface area (Å²) in [5.41, 5.74) is 0.496. The van der Waals surface area contributed by atoms with Crippen LogP contribution in [-0.4, -0.2) is 6.08 Å². The molecular formula is C10H10BrNO. The fourth-order valence-corrected chi connectivity index (χ4v) is 1.45. The Kier molecular flexibility index (Phi) is 3.02. The minimum absolute atomic E-state index is 0.495. The third kappa shape index (κ3) is 2.51. The highest BCUT2D eigenvalue weighted by Gasteiger charge is 2.18. The lowest BCUT2D eigenvalue weighted by Gasteiger charge is -2.17. The molecule has 0 saturated heterocycles. The van der Waals surface area contributed by atoms with E-state index < -0.39 is 5.54 Å². The van der Waals surface area contributed by atoms with Crippen LogP contribution < -0.4 is 0 Å². The van der Waals surface area contributed by atoms with Crippen molar-refractivity contribution in [2.45, 2.75) is 19.4 Å². The molecule has 0 bridgehead atoms. The molecule has 0 amide bonds. The van der Waals surface area contributed by atoms with Gasteiger partial charge in [0.2, 0.25) is 6.08 Å². The van der Waals surface area contributed by atoms with Gasteiger partial charge in [-0.15, -0.1) is 0 Å². The number of halogens is 1. The topological polar surface area (TPSA) is 29.4 Å². The molecule has 1 rings (SSSR count). The van der Waals surface area contributed by atoms with Gasteiger partial charge in [0.15, 0.2) is 0 Å². The van der Waals surface area contributed by atoms with Crippen molar-refractivity contribution < 1.29 is 4.79 Å². The van der Waals surface area contributed by atoms with Crippen LogP contribution in [-0.2, 0) is 10.3 Å². The molecule has 1 aromatic carbocycles. The normalized spacial score (nSPS) is 10.7. The summed E-state index contributed by atoms with van der Waals surface area (Å²) in [6.07, 6.45) is 1.59. The first kappa shape index (κ1) is 10.2. The molecule has 0 saturated carbocycles. The lowest BCUT2D eigenvalue weighted by molar-refractivity contribution is 0.522. The molecule has 2 nitrogen and oxygen atoms in total. The number of aliphatic imine (C=N–C) groups is 1. The molecular weight excluding hydrogens is 230 g/mol. The maximum absolute atomic E-state index is 10.2. The Labute approximate surface area is 85.8 Å². The molecule has 3 heteroatoms. The first-order valence-corrected chi connectivity index (χ1v) is 4.70. The first-order valence-electron chi connectivity index (χ1n) is 3.91. The molecule has 1 aromatic rings. The van der Waals surface area contributed by atoms with E-state index >= 15 is 0 Å². The van der Waals surface area contributed by atoms with Crippen molar-refractivity contribution in [1.82, 2.24) is 0 Å². The van der Waals surface area contributed by atoms with Crippen LogP contribution in [0.4, 0.5) is 0 Å². The Balaban J connectivity index is 3.13. The molecule has 0 N–H and O–H groups in total. The third-order valence-electron chi connectivity index (χ3n) is 1.86. The van der Waals surface area contributed by atoms with Gasteiger partial charge < -0.3 is 0 Å². The predicted molar refractivity (Wildman–Crippen MR) is 55.3 cm³/mol. The maximum Gasteiger partial charge on any atom is 0.235 e. The second-order valence-electron chi connectivity index (χ2n) is 3.27. The van der Waals surface area contributed by atoms with Gasteiger partial charge in [-0.25, -0.2) is 4.79 Å². The fourth-order valence-electron chi connectivity index (χ4n) is 1.05. The summed E-state index contributed by atoms with van der Waals surface area (Å²) in [5, 5.41) is 0. The van der Waals surface area contributed by atoms with Crippen LogP contribution >= 0.6 is 15.9 Å². The lowest BCUT2D eigenvalue weighted by Crippen LogP contribution is -2.13. The predicted octanol–water partition coefficient (Wildman–Crippen LogP) is 3.02. The highest BCUT2D eigenvalue weighted by atomic mass is 79.9. The minimum Gasteiger partial charge on any atom is -0.211 e. The molecule has 0 radical (unpaired) electrons. The zero-order chi connectivity index (χ0) is 9.90. The molecule has 0 unspecified atom stereocenters. The summed E-state index contributed by atoms with van der Waals surface area (Å²) in [6, 6.07) is 7.73. The van der Waals surface area contributed by atoms with Gasteiger partial charge in [0.05, 0.1) is 5.54 Å². The Hall–Kier alpha value is -0.920. The molecule has 0 fully saturated rings. The number of rotatable bonds is 2. The first-order chi connectivity index (χ1) is 6.06. The Bertz CT molecular complexity index is 354. The van der Waals surface area contributed by atoms with Crippen LogP contribution in [0.1, 0.15) is 19.4 Å². The summed E-state index contributed by atoms with van der Waals surface area (Å²) in [6.45, 7) is 3.75. The second-order valence-corrected chi connectivity index (χ2v) is 4.19. The van der Waals surface area contributed by atoms with Gasteiger partial charge in [-0.05, 0) is 31.5 Å². The molecule has 0 aliphatic rings. The van der Waals surface area contributed by atoms with Crippen molar-refractivity contribution >= 4 is 22.0 Å². The van der Waals surface area contributed by atoms with Crippen LogP contribution in [0, 0.1) is 0 Å². The summed E-state index contributed by atoms with van der Waals surface area (Å²) < 4.78 is 0.985. The van der Waals surface area contributed by atoms with Crippen LogP contribution in [0.5, 0.6) is 0 Å². The zero-order valence-electron chi connectivity index (χ0n) is 7.54. The molecule has 68 valence electrons. The highest BCUT2D eigenvalue weighted by molar-refractivity contribution is 9.10. The van der Waals surface area contributed by atoms with Crippen molar-refractivity contribution in [3.63, 3.8) is 0 Å². The molecule has 0 spiro atoms. The molecule has 0 aliphatic heterocycles. The summed E-state index contributed by atoms with van der Waals surface area (Å²) in [7, 11) is 0. The van der Waals surface area contributed by atoms with E-state index in [0.29, 0.717) is 0 Å². The summed E-state index contributed by atoms with van der Waals surface area (Å²) in [5.74, 6) is 0. The van der Waals surface area contributed by atoms with E-state index in [9.17, 15) is 4.79 Å². The van der Waals surface area contributed by atoms with Crippen LogP contribution in [0.3, 0.4) is 0 Å². The quantitative estimate of drug-likeness (QED) is 0.577. The second kappa shape index (κ2) is 3.86. The van der Waals surface area contributed by atoms with E-state index in [0.717, 1.165) is 10.0 Å². The number of nitrogens with zero attached hydrogens (tertiary/aromatic N) is 1. The van der Waals surface area contributed by atoms with Gasteiger partial charge in [0.1, 0.15) is 0 Å². The maximum atomic E-state index is 10.2. The van der Waals surface area contributed by atoms with E-state index in [4.69, 9.17) is 0 Å². The average molecular weight is 240 g/mol. The summed E-state index contributed by atoms with van der Waals surface area (Å²) in [4.78, 5) is 13.9. The monoisotopic (exact) mass is 239 g/mol. The Morgan fingerprint density at radius 1 is 1.46 bits per heavy atom. The van der Waals surface area contributed by atoms with Gasteiger partial charge in [-0.1, -0.05) is 28.1 Å². The number of benzene rings is 1. The van der Waals surface area contributed by atoms with Gasteiger partial charge >= 0.3 is 0 Å². The molecule has 0 atom stereocenters. The van der Waals surface area contributed by atoms with Crippen LogP contribution in [0.2, 0.25) is 0 Å². The minimum atomic E-state index is -0.495. The average Bonchev–Trinajstić information content (AvgIpc) is 2.04. The van der Waals surface area contributed by atoms with Crippen molar-refractivity contribution in [2.75, 3.05) is 0 Å². The van der Waals surface area contributed by atoms with Gasteiger partial charge in [-0.2, -0.15) is 4.99 Å². The van der Waals surface area contributed by atoms with E-state index in [1.807, 2.05) is 38.1 Å². The molecule has 0 aliphatic carbocycles. The lowest BCUT2D eigenvalue weighted by atomic mass is 9.95. The van der Waals surface area contributed by atoms with Gasteiger partial charge in [0, 0.05) is 4.47 Å². The van der Waals surface area contributed by atoms with Gasteiger partial charge in [0.25, 0.3) is 0 Å². The number of hydrogen-bond donors (Lipinski definition) is 0. The van der Waals surface area contributed by atoms with E-state index in [2.05, 4.69) is 20.9 Å². The molecule has 13 heavy (non-hydrogen) atoms. The van der Waals surface area contributed by atoms with E-state index in [1.54, 1.807) is 6.08 Å². The van der Waals surface area contributed by atoms with E-state index in [1.165, 1.54) is 0 Å². The van der Waals surface area contributed by atoms with Crippen LogP contribution in [0.25, 0.3) is 0 Å². The van der Waals surface area contributed by atoms with Crippen molar-refractivity contribution in [3.8, 4) is 0 Å². The molecule has 0 heterocycles. The standard InChI is InChI=1S/C10H10BrNO/c1-10(2,12-7-13)8-4-3-5-9(11)6-8/h3-6H,1-2H3. The summed E-state index contributed by atoms with van der Waals surface area (Å²) >= 11 is 3.37. The van der Waals surface area contributed by atoms with Crippen molar-refractivity contribution in [3.05, 3.63) is 34.3 Å². The highest BCUT2D eigenvalue weighted by Crippen LogP contribution is 2.26. The number of carbonyl (C=O) groups excluding carboxylic acids is 1. The number of isocyanates is 1. The van der Waals surface area contributed by atoms with E-state index in [-0.39, 0.29) is 0 Å². The van der Waals surface area contributed by atoms with Crippen molar-refractivity contribution in [2.24, 2.45) is 4.99 Å². The fraction of sp³-hybridized carbons (Fsp3) is 0.300. The Morgan fingerprint density at radius 3 is 2.69 bits per heavy atom. The van der Waals surface area contributed by atoms with Gasteiger partial charge in [-0.3, -0.25) is 0 Å². The Morgan fingerprint density at radius 2 is 2.15 bits per heavy atom. The van der Waals surface area contributed by atoms with Crippen LogP contribution in [0.15, 0.2) is 33.7 Å². The zero-order valence-corrected chi connectivity index (χ0v) is 9.13. The largest absolute Gasteiger partial charge is 0.235 e. The SMILES string of the molecule is CC(C)(N=C=O)c1cccc(Br)c1. The smallest absolute Gasteiger partial charge is 0.211 e.